The number of pyridine rings is 1. The molecule has 0 saturated heterocycles. The van der Waals surface area contributed by atoms with Crippen molar-refractivity contribution in [1.29, 1.82) is 0 Å². The number of amides is 1. The molecule has 1 aliphatic heterocycles. The molecule has 2 aromatic heterocycles. The second kappa shape index (κ2) is 8.64. The molecule has 4 aromatic rings. The first-order chi connectivity index (χ1) is 18.8. The van der Waals surface area contributed by atoms with Crippen molar-refractivity contribution in [3.05, 3.63) is 77.1 Å². The maximum absolute atomic E-state index is 13.1. The minimum atomic E-state index is -3.03. The van der Waals surface area contributed by atoms with Gasteiger partial charge in [0.25, 0.3) is 5.91 Å². The third kappa shape index (κ3) is 3.86. The number of aliphatic hydroxyl groups excluding tert-OH is 1. The van der Waals surface area contributed by atoms with E-state index in [2.05, 4.69) is 20.6 Å². The summed E-state index contributed by atoms with van der Waals surface area (Å²) in [6.07, 6.45) is 1.49. The van der Waals surface area contributed by atoms with Crippen molar-refractivity contribution in [2.75, 3.05) is 24.3 Å². The molecule has 3 heterocycles. The first kappa shape index (κ1) is 16.1. The highest BCUT2D eigenvalue weighted by Crippen LogP contribution is 2.42. The van der Waals surface area contributed by atoms with E-state index in [1.165, 1.54) is 12.4 Å². The molecule has 0 radical (unpaired) electrons. The van der Waals surface area contributed by atoms with E-state index in [1.54, 1.807) is 30.3 Å². The van der Waals surface area contributed by atoms with E-state index in [1.807, 2.05) is 18.2 Å². The van der Waals surface area contributed by atoms with Crippen molar-refractivity contribution in [2.24, 2.45) is 0 Å². The highest BCUT2D eigenvalue weighted by molar-refractivity contribution is 6.31. The Morgan fingerprint density at radius 1 is 1.21 bits per heavy atom. The Labute approximate surface area is 209 Å². The summed E-state index contributed by atoms with van der Waals surface area (Å²) in [6.45, 7) is -4.01. The molecule has 0 saturated carbocycles. The van der Waals surface area contributed by atoms with E-state index < -0.39 is 38.0 Å². The third-order valence-corrected chi connectivity index (χ3v) is 5.86. The SMILES string of the molecule is [2H]C([2H])([2H])OC[C@@]1(C([2H])([2H])[2H])Nc2c(cnc3[nH]cc(C(O)c4ccc(Oc5ccccc5)cc4Cl)c23)NC1=O. The number of rotatable bonds is 6. The highest BCUT2D eigenvalue weighted by atomic mass is 35.5. The van der Waals surface area contributed by atoms with Gasteiger partial charge in [0.15, 0.2) is 0 Å². The molecule has 5 rings (SSSR count). The summed E-state index contributed by atoms with van der Waals surface area (Å²) < 4.78 is 56.8. The number of aromatic amines is 1. The van der Waals surface area contributed by atoms with Crippen molar-refractivity contribution in [1.82, 2.24) is 9.97 Å². The van der Waals surface area contributed by atoms with Gasteiger partial charge in [-0.15, -0.1) is 0 Å². The van der Waals surface area contributed by atoms with Crippen LogP contribution in [0.15, 0.2) is 60.9 Å². The number of ether oxygens (including phenoxy) is 2. The van der Waals surface area contributed by atoms with Crippen LogP contribution in [-0.2, 0) is 9.53 Å². The Balaban J connectivity index is 1.54. The number of anilines is 2. The van der Waals surface area contributed by atoms with Crippen LogP contribution in [0.1, 0.15) is 32.3 Å². The number of H-pyrrole nitrogens is 1. The van der Waals surface area contributed by atoms with Gasteiger partial charge in [-0.25, -0.2) is 4.98 Å². The average Bonchev–Trinajstić information content (AvgIpc) is 3.31. The maximum atomic E-state index is 13.1. The number of nitrogens with zero attached hydrogens (tertiary/aromatic N) is 1. The van der Waals surface area contributed by atoms with E-state index in [0.717, 1.165) is 0 Å². The van der Waals surface area contributed by atoms with Gasteiger partial charge in [0.05, 0.1) is 38.7 Å². The molecule has 0 bridgehead atoms. The second-order valence-electron chi connectivity index (χ2n) is 7.79. The lowest BCUT2D eigenvalue weighted by Crippen LogP contribution is -2.53. The molecular formula is C25H23ClN4O4. The molecule has 2 atom stereocenters. The number of carbonyl (C=O) groups is 1. The van der Waals surface area contributed by atoms with Gasteiger partial charge in [0.1, 0.15) is 28.8 Å². The van der Waals surface area contributed by atoms with Gasteiger partial charge in [0.2, 0.25) is 0 Å². The summed E-state index contributed by atoms with van der Waals surface area (Å²) in [5.74, 6) is 0.0424. The number of halogens is 1. The van der Waals surface area contributed by atoms with Crippen LogP contribution in [0.4, 0.5) is 11.4 Å². The quantitative estimate of drug-likeness (QED) is 0.311. The molecule has 174 valence electrons. The fraction of sp³-hybridized carbons (Fsp3) is 0.200. The standard InChI is InChI=1S/C25H23ClN4O4/c1-25(13-33-2)24(32)29-19-12-28-23-20(21(19)30-25)17(11-27-23)22(31)16-9-8-15(10-18(16)26)34-14-6-4-3-5-7-14/h3-12,22,30-31H,13H2,1-2H3,(H,27,28)(H,29,32)/t22?,25-/m1/s1/i1D3,2D3. The van der Waals surface area contributed by atoms with Gasteiger partial charge in [-0.1, -0.05) is 35.9 Å². The van der Waals surface area contributed by atoms with Crippen LogP contribution in [0.25, 0.3) is 11.0 Å². The molecule has 0 aliphatic carbocycles. The Hall–Kier alpha value is -3.59. The molecule has 0 fully saturated rings. The number of nitrogens with one attached hydrogen (secondary N) is 3. The van der Waals surface area contributed by atoms with Gasteiger partial charge in [0, 0.05) is 28.5 Å². The van der Waals surface area contributed by atoms with E-state index in [9.17, 15) is 9.90 Å². The summed E-state index contributed by atoms with van der Waals surface area (Å²) in [5, 5.41) is 17.1. The molecule has 8 nitrogen and oxygen atoms in total. The maximum Gasteiger partial charge on any atom is 0.252 e. The van der Waals surface area contributed by atoms with Crippen LogP contribution in [0, 0.1) is 0 Å². The normalized spacial score (nSPS) is 21.5. The predicted molar refractivity (Wildman–Crippen MR) is 131 cm³/mol. The first-order valence-electron chi connectivity index (χ1n) is 13.2. The van der Waals surface area contributed by atoms with E-state index in [4.69, 9.17) is 29.3 Å². The number of fused-ring (bicyclic) bond motifs is 3. The van der Waals surface area contributed by atoms with Crippen LogP contribution < -0.4 is 15.4 Å². The van der Waals surface area contributed by atoms with E-state index >= 15 is 0 Å². The predicted octanol–water partition coefficient (Wildman–Crippen LogP) is 4.86. The summed E-state index contributed by atoms with van der Waals surface area (Å²) in [5.41, 5.74) is -1.32. The smallest absolute Gasteiger partial charge is 0.252 e. The molecule has 1 unspecified atom stereocenters. The Bertz CT molecular complexity index is 1580. The molecule has 1 aliphatic rings. The van der Waals surface area contributed by atoms with Crippen LogP contribution in [0.3, 0.4) is 0 Å². The summed E-state index contributed by atoms with van der Waals surface area (Å²) in [7, 11) is -2.95. The van der Waals surface area contributed by atoms with Crippen molar-refractivity contribution < 1.29 is 27.6 Å². The topological polar surface area (TPSA) is 108 Å². The molecule has 9 heteroatoms. The Morgan fingerprint density at radius 2 is 2.06 bits per heavy atom. The van der Waals surface area contributed by atoms with Crippen LogP contribution in [-0.4, -0.2) is 40.2 Å². The van der Waals surface area contributed by atoms with Gasteiger partial charge < -0.3 is 30.2 Å². The number of methoxy groups -OCH3 is 1. The zero-order valence-electron chi connectivity index (χ0n) is 23.6. The first-order valence-corrected chi connectivity index (χ1v) is 10.6. The molecular weight excluding hydrogens is 456 g/mol. The van der Waals surface area contributed by atoms with Crippen molar-refractivity contribution in [2.45, 2.75) is 18.5 Å². The van der Waals surface area contributed by atoms with E-state index in [-0.39, 0.29) is 33.0 Å². The van der Waals surface area contributed by atoms with Crippen LogP contribution in [0.2, 0.25) is 5.02 Å². The highest BCUT2D eigenvalue weighted by Gasteiger charge is 2.39. The minimum Gasteiger partial charge on any atom is -0.457 e. The number of hydrogen-bond acceptors (Lipinski definition) is 6. The summed E-state index contributed by atoms with van der Waals surface area (Å²) in [4.78, 5) is 20.3. The fourth-order valence-corrected chi connectivity index (χ4v) is 4.13. The summed E-state index contributed by atoms with van der Waals surface area (Å²) in [6, 6.07) is 13.9. The average molecular weight is 485 g/mol. The van der Waals surface area contributed by atoms with Crippen LogP contribution >= 0.6 is 11.6 Å². The number of aliphatic hydroxyl groups is 1. The largest absolute Gasteiger partial charge is 0.457 e. The zero-order chi connectivity index (χ0) is 28.9. The summed E-state index contributed by atoms with van der Waals surface area (Å²) >= 11 is 6.53. The molecule has 2 aromatic carbocycles. The van der Waals surface area contributed by atoms with E-state index in [0.29, 0.717) is 17.1 Å². The molecule has 0 spiro atoms. The minimum absolute atomic E-state index is 0.116. The number of hydrogen-bond donors (Lipinski definition) is 4. The fourth-order valence-electron chi connectivity index (χ4n) is 3.85. The lowest BCUT2D eigenvalue weighted by atomic mass is 9.95. The molecule has 1 amide bonds. The number of aromatic nitrogens is 2. The van der Waals surface area contributed by atoms with Gasteiger partial charge >= 0.3 is 0 Å². The van der Waals surface area contributed by atoms with Gasteiger partial charge in [-0.2, -0.15) is 0 Å². The third-order valence-electron chi connectivity index (χ3n) is 5.53. The van der Waals surface area contributed by atoms with Crippen LogP contribution in [0.5, 0.6) is 11.5 Å². The lowest BCUT2D eigenvalue weighted by Gasteiger charge is -2.35. The number of para-hydroxylation sites is 1. The number of benzene rings is 2. The van der Waals surface area contributed by atoms with Crippen molar-refractivity contribution >= 4 is 39.9 Å². The molecule has 4 N–H and O–H groups in total. The number of carbonyl (C=O) groups excluding carboxylic acids is 1. The van der Waals surface area contributed by atoms with Crippen molar-refractivity contribution in [3.8, 4) is 11.5 Å². The molecule has 34 heavy (non-hydrogen) atoms. The monoisotopic (exact) mass is 484 g/mol. The van der Waals surface area contributed by atoms with Gasteiger partial charge in [-0.3, -0.25) is 4.79 Å². The Kier molecular flexibility index (Phi) is 4.09. The zero-order valence-corrected chi connectivity index (χ0v) is 18.3. The van der Waals surface area contributed by atoms with Crippen molar-refractivity contribution in [3.63, 3.8) is 0 Å². The Morgan fingerprint density at radius 3 is 2.82 bits per heavy atom. The van der Waals surface area contributed by atoms with Gasteiger partial charge in [-0.05, 0) is 31.1 Å². The second-order valence-corrected chi connectivity index (χ2v) is 8.20. The lowest BCUT2D eigenvalue weighted by molar-refractivity contribution is -0.121.